The van der Waals surface area contributed by atoms with E-state index in [-0.39, 0.29) is 37.1 Å². The first-order chi connectivity index (χ1) is 10.0. The minimum atomic E-state index is -0.389. The summed E-state index contributed by atoms with van der Waals surface area (Å²) >= 11 is 0. The van der Waals surface area contributed by atoms with Gasteiger partial charge < -0.3 is 9.64 Å². The van der Waals surface area contributed by atoms with E-state index in [2.05, 4.69) is 9.84 Å². The highest BCUT2D eigenvalue weighted by molar-refractivity contribution is 5.76. The molecule has 2 rings (SSSR count). The minimum Gasteiger partial charge on any atom is -0.469 e. The molecule has 1 amide bonds. The van der Waals surface area contributed by atoms with E-state index in [0.29, 0.717) is 5.65 Å². The van der Waals surface area contributed by atoms with Crippen LogP contribution in [0.4, 0.5) is 0 Å². The number of carbonyl (C=O) groups is 2. The summed E-state index contributed by atoms with van der Waals surface area (Å²) in [6, 6.07) is 5.16. The number of aromatic nitrogens is 3. The van der Waals surface area contributed by atoms with Gasteiger partial charge in [-0.2, -0.15) is 0 Å². The second-order valence-electron chi connectivity index (χ2n) is 4.51. The maximum Gasteiger partial charge on any atom is 0.350 e. The third-order valence-corrected chi connectivity index (χ3v) is 3.08. The Morgan fingerprint density at radius 3 is 2.81 bits per heavy atom. The predicted octanol–water partition coefficient (Wildman–Crippen LogP) is -0.483. The van der Waals surface area contributed by atoms with Gasteiger partial charge in [-0.3, -0.25) is 14.0 Å². The molecule has 0 fully saturated rings. The molecule has 112 valence electrons. The number of nitrogens with zero attached hydrogens (tertiary/aromatic N) is 4. The van der Waals surface area contributed by atoms with Gasteiger partial charge in [0.1, 0.15) is 6.54 Å². The van der Waals surface area contributed by atoms with E-state index in [9.17, 15) is 14.4 Å². The summed E-state index contributed by atoms with van der Waals surface area (Å²) in [6.45, 7) is 0.0613. The molecule has 0 aliphatic carbocycles. The summed E-state index contributed by atoms with van der Waals surface area (Å²) in [5.74, 6) is -0.691. The number of fused-ring (bicyclic) bond motifs is 1. The predicted molar refractivity (Wildman–Crippen MR) is 73.7 cm³/mol. The molecule has 0 saturated carbocycles. The van der Waals surface area contributed by atoms with E-state index >= 15 is 0 Å². The number of carbonyl (C=O) groups excluding carboxylic acids is 2. The van der Waals surface area contributed by atoms with Crippen LogP contribution < -0.4 is 5.69 Å². The van der Waals surface area contributed by atoms with E-state index < -0.39 is 0 Å². The number of hydrogen-bond acceptors (Lipinski definition) is 5. The Hall–Kier alpha value is -2.64. The van der Waals surface area contributed by atoms with Crippen molar-refractivity contribution in [3.63, 3.8) is 0 Å². The van der Waals surface area contributed by atoms with Crippen molar-refractivity contribution in [3.05, 3.63) is 34.9 Å². The van der Waals surface area contributed by atoms with Crippen molar-refractivity contribution >= 4 is 17.5 Å². The third kappa shape index (κ3) is 3.28. The fourth-order valence-corrected chi connectivity index (χ4v) is 1.81. The summed E-state index contributed by atoms with van der Waals surface area (Å²) < 4.78 is 6.98. The fourth-order valence-electron chi connectivity index (χ4n) is 1.81. The highest BCUT2D eigenvalue weighted by Gasteiger charge is 2.14. The number of methoxy groups -OCH3 is 1. The molecule has 2 aromatic rings. The van der Waals surface area contributed by atoms with Gasteiger partial charge in [0.15, 0.2) is 5.65 Å². The second kappa shape index (κ2) is 6.21. The number of rotatable bonds is 5. The largest absolute Gasteiger partial charge is 0.469 e. The van der Waals surface area contributed by atoms with E-state index in [1.807, 2.05) is 0 Å². The SMILES string of the molecule is COC(=O)CCN(C)C(=O)Cn1nc2ccccn2c1=O. The maximum absolute atomic E-state index is 12.0. The molecule has 2 aromatic heterocycles. The maximum atomic E-state index is 12.0. The lowest BCUT2D eigenvalue weighted by Gasteiger charge is -2.15. The monoisotopic (exact) mass is 292 g/mol. The lowest BCUT2D eigenvalue weighted by molar-refractivity contribution is -0.141. The Labute approximate surface area is 120 Å². The first-order valence-electron chi connectivity index (χ1n) is 6.38. The van der Waals surface area contributed by atoms with Crippen LogP contribution in [-0.4, -0.2) is 51.7 Å². The molecule has 21 heavy (non-hydrogen) atoms. The fraction of sp³-hybridized carbons (Fsp3) is 0.385. The Bertz CT molecular complexity index is 718. The van der Waals surface area contributed by atoms with Gasteiger partial charge in [0, 0.05) is 19.8 Å². The van der Waals surface area contributed by atoms with Crippen LogP contribution in [-0.2, 0) is 20.9 Å². The lowest BCUT2D eigenvalue weighted by Crippen LogP contribution is -2.35. The van der Waals surface area contributed by atoms with Crippen LogP contribution in [0.15, 0.2) is 29.2 Å². The number of amides is 1. The van der Waals surface area contributed by atoms with Crippen molar-refractivity contribution in [1.82, 2.24) is 19.1 Å². The van der Waals surface area contributed by atoms with Gasteiger partial charge in [-0.1, -0.05) is 6.07 Å². The molecule has 0 unspecified atom stereocenters. The Morgan fingerprint density at radius 2 is 2.14 bits per heavy atom. The van der Waals surface area contributed by atoms with Gasteiger partial charge >= 0.3 is 11.7 Å². The van der Waals surface area contributed by atoms with Crippen molar-refractivity contribution in [3.8, 4) is 0 Å². The molecule has 0 N–H and O–H groups in total. The molecule has 0 atom stereocenters. The zero-order chi connectivity index (χ0) is 15.4. The number of likely N-dealkylation sites (N-methyl/N-ethyl adjacent to an activating group) is 1. The summed E-state index contributed by atoms with van der Waals surface area (Å²) in [4.78, 5) is 36.4. The molecular weight excluding hydrogens is 276 g/mol. The van der Waals surface area contributed by atoms with Crippen LogP contribution in [0.25, 0.3) is 5.65 Å². The molecule has 8 nitrogen and oxygen atoms in total. The van der Waals surface area contributed by atoms with Crippen LogP contribution >= 0.6 is 0 Å². The van der Waals surface area contributed by atoms with Crippen LogP contribution in [0.5, 0.6) is 0 Å². The van der Waals surface area contributed by atoms with E-state index in [4.69, 9.17) is 0 Å². The van der Waals surface area contributed by atoms with Gasteiger partial charge in [-0.15, -0.1) is 5.10 Å². The molecule has 8 heteroatoms. The summed E-state index contributed by atoms with van der Waals surface area (Å²) in [5.41, 5.74) is 0.104. The zero-order valence-electron chi connectivity index (χ0n) is 11.9. The van der Waals surface area contributed by atoms with Crippen LogP contribution in [0, 0.1) is 0 Å². The molecule has 0 radical (unpaired) electrons. The van der Waals surface area contributed by atoms with Crippen molar-refractivity contribution in [2.45, 2.75) is 13.0 Å². The molecule has 0 aromatic carbocycles. The minimum absolute atomic E-state index is 0.110. The average Bonchev–Trinajstić information content (AvgIpc) is 2.81. The van der Waals surface area contributed by atoms with Gasteiger partial charge in [0.05, 0.1) is 13.5 Å². The summed E-state index contributed by atoms with van der Waals surface area (Å²) in [5, 5.41) is 4.07. The smallest absolute Gasteiger partial charge is 0.350 e. The standard InChI is InChI=1S/C13H16N4O4/c1-15(8-6-12(19)21-2)11(18)9-17-13(20)16-7-4-3-5-10(16)14-17/h3-5,7H,6,8-9H2,1-2H3. The van der Waals surface area contributed by atoms with Gasteiger partial charge in [0.2, 0.25) is 5.91 Å². The Balaban J connectivity index is 2.06. The van der Waals surface area contributed by atoms with E-state index in [1.165, 1.54) is 16.4 Å². The topological polar surface area (TPSA) is 85.9 Å². The highest BCUT2D eigenvalue weighted by atomic mass is 16.5. The molecular formula is C13H16N4O4. The number of pyridine rings is 1. The quantitative estimate of drug-likeness (QED) is 0.695. The van der Waals surface area contributed by atoms with Crippen molar-refractivity contribution in [2.75, 3.05) is 20.7 Å². The molecule has 0 aliphatic heterocycles. The van der Waals surface area contributed by atoms with Gasteiger partial charge in [-0.05, 0) is 12.1 Å². The molecule has 0 spiro atoms. The lowest BCUT2D eigenvalue weighted by atomic mass is 10.4. The zero-order valence-corrected chi connectivity index (χ0v) is 11.9. The van der Waals surface area contributed by atoms with Crippen molar-refractivity contribution in [1.29, 1.82) is 0 Å². The second-order valence-corrected chi connectivity index (χ2v) is 4.51. The molecule has 2 heterocycles. The molecule has 0 saturated heterocycles. The van der Waals surface area contributed by atoms with Gasteiger partial charge in [-0.25, -0.2) is 9.48 Å². The van der Waals surface area contributed by atoms with Crippen LogP contribution in [0.2, 0.25) is 0 Å². The average molecular weight is 292 g/mol. The van der Waals surface area contributed by atoms with Crippen LogP contribution in [0.3, 0.4) is 0 Å². The third-order valence-electron chi connectivity index (χ3n) is 3.08. The van der Waals surface area contributed by atoms with Crippen molar-refractivity contribution < 1.29 is 14.3 Å². The Kier molecular flexibility index (Phi) is 4.36. The normalized spacial score (nSPS) is 10.6. The van der Waals surface area contributed by atoms with Gasteiger partial charge in [0.25, 0.3) is 0 Å². The number of esters is 1. The van der Waals surface area contributed by atoms with Crippen LogP contribution in [0.1, 0.15) is 6.42 Å². The number of hydrogen-bond donors (Lipinski definition) is 0. The van der Waals surface area contributed by atoms with Crippen molar-refractivity contribution in [2.24, 2.45) is 0 Å². The van der Waals surface area contributed by atoms with E-state index in [0.717, 1.165) is 4.68 Å². The summed E-state index contributed by atoms with van der Waals surface area (Å²) in [7, 11) is 2.85. The molecule has 0 bridgehead atoms. The first-order valence-corrected chi connectivity index (χ1v) is 6.38. The Morgan fingerprint density at radius 1 is 1.38 bits per heavy atom. The first kappa shape index (κ1) is 14.8. The summed E-state index contributed by atoms with van der Waals surface area (Å²) in [6.07, 6.45) is 1.70. The van der Waals surface area contributed by atoms with E-state index in [1.54, 1.807) is 31.4 Å². The molecule has 0 aliphatic rings. The highest BCUT2D eigenvalue weighted by Crippen LogP contribution is 1.97. The number of ether oxygens (including phenoxy) is 1.